The first kappa shape index (κ1) is 12.6. The Morgan fingerprint density at radius 3 is 2.61 bits per heavy atom. The van der Waals surface area contributed by atoms with E-state index in [4.69, 9.17) is 4.42 Å². The molecule has 96 valence electrons. The van der Waals surface area contributed by atoms with Gasteiger partial charge in [0.15, 0.2) is 22.9 Å². The summed E-state index contributed by atoms with van der Waals surface area (Å²) in [5.41, 5.74) is -0.118. The summed E-state index contributed by atoms with van der Waals surface area (Å²) in [6.07, 6.45) is -6.32. The molecule has 1 heterocycles. The average molecular weight is 260 g/mol. The van der Waals surface area contributed by atoms with E-state index in [0.29, 0.717) is 5.39 Å². The number of alkyl halides is 3. The van der Waals surface area contributed by atoms with Crippen LogP contribution in [0.15, 0.2) is 28.7 Å². The lowest BCUT2D eigenvalue weighted by Crippen LogP contribution is -2.10. The van der Waals surface area contributed by atoms with Gasteiger partial charge in [-0.25, -0.2) is 4.39 Å². The smallest absolute Gasteiger partial charge is 0.389 e. The summed E-state index contributed by atoms with van der Waals surface area (Å²) in [6.45, 7) is 0. The van der Waals surface area contributed by atoms with Crippen LogP contribution in [0.1, 0.15) is 23.4 Å². The zero-order chi connectivity index (χ0) is 13.3. The maximum Gasteiger partial charge on any atom is 0.389 e. The van der Waals surface area contributed by atoms with Crippen molar-refractivity contribution in [1.29, 1.82) is 0 Å². The van der Waals surface area contributed by atoms with Crippen LogP contribution >= 0.6 is 0 Å². The number of fused-ring (bicyclic) bond motifs is 1. The molecule has 0 unspecified atom stereocenters. The highest BCUT2D eigenvalue weighted by Gasteiger charge is 2.29. The molecule has 1 aromatic carbocycles. The molecule has 18 heavy (non-hydrogen) atoms. The van der Waals surface area contributed by atoms with Gasteiger partial charge in [0.1, 0.15) is 0 Å². The molecule has 0 radical (unpaired) electrons. The topological polar surface area (TPSA) is 30.2 Å². The molecular weight excluding hydrogens is 252 g/mol. The molecule has 2 rings (SSSR count). The molecule has 0 fully saturated rings. The maximum atomic E-state index is 13.3. The molecular formula is C12H8F4O2. The van der Waals surface area contributed by atoms with Gasteiger partial charge in [-0.2, -0.15) is 13.2 Å². The van der Waals surface area contributed by atoms with E-state index in [9.17, 15) is 22.4 Å². The fraction of sp³-hybridized carbons (Fsp3) is 0.250. The Hall–Kier alpha value is -1.85. The molecule has 0 aliphatic heterocycles. The lowest BCUT2D eigenvalue weighted by atomic mass is 10.1. The fourth-order valence-electron chi connectivity index (χ4n) is 1.54. The molecule has 0 aliphatic carbocycles. The summed E-state index contributed by atoms with van der Waals surface area (Å²) in [5.74, 6) is -1.69. The predicted octanol–water partition coefficient (Wildman–Crippen LogP) is 4.10. The van der Waals surface area contributed by atoms with Crippen molar-refractivity contribution >= 4 is 16.8 Å². The maximum absolute atomic E-state index is 13.3. The van der Waals surface area contributed by atoms with Gasteiger partial charge in [0, 0.05) is 11.8 Å². The third-order valence-electron chi connectivity index (χ3n) is 2.41. The van der Waals surface area contributed by atoms with Crippen LogP contribution < -0.4 is 0 Å². The van der Waals surface area contributed by atoms with Gasteiger partial charge in [0.25, 0.3) is 0 Å². The Morgan fingerprint density at radius 2 is 2.00 bits per heavy atom. The third kappa shape index (κ3) is 2.69. The van der Waals surface area contributed by atoms with E-state index in [2.05, 4.69) is 0 Å². The van der Waals surface area contributed by atoms with Gasteiger partial charge in [-0.05, 0) is 12.1 Å². The number of furan rings is 1. The van der Waals surface area contributed by atoms with Crippen LogP contribution in [-0.2, 0) is 0 Å². The van der Waals surface area contributed by atoms with Gasteiger partial charge in [0.2, 0.25) is 0 Å². The number of para-hydroxylation sites is 1. The van der Waals surface area contributed by atoms with Crippen LogP contribution in [0, 0.1) is 5.82 Å². The van der Waals surface area contributed by atoms with E-state index in [1.54, 1.807) is 0 Å². The third-order valence-corrected chi connectivity index (χ3v) is 2.41. The number of hydrogen-bond acceptors (Lipinski definition) is 2. The van der Waals surface area contributed by atoms with Crippen molar-refractivity contribution in [3.05, 3.63) is 35.8 Å². The number of halogens is 4. The van der Waals surface area contributed by atoms with Crippen molar-refractivity contribution in [2.45, 2.75) is 19.0 Å². The van der Waals surface area contributed by atoms with E-state index < -0.39 is 30.6 Å². The molecule has 0 spiro atoms. The molecule has 0 atom stereocenters. The van der Waals surface area contributed by atoms with E-state index >= 15 is 0 Å². The Bertz CT molecular complexity index is 583. The number of ketones is 1. The SMILES string of the molecule is O=C(CCC(F)(F)F)c1cc2cccc(F)c2o1. The van der Waals surface area contributed by atoms with Crippen LogP contribution in [0.25, 0.3) is 11.0 Å². The standard InChI is InChI=1S/C12H8F4O2/c13-8-3-1-2-7-6-10(18-11(7)8)9(17)4-5-12(14,15)16/h1-3,6H,4-5H2. The van der Waals surface area contributed by atoms with Crippen molar-refractivity contribution in [2.75, 3.05) is 0 Å². The number of carbonyl (C=O) groups excluding carboxylic acids is 1. The van der Waals surface area contributed by atoms with Crippen LogP contribution in [0.2, 0.25) is 0 Å². The van der Waals surface area contributed by atoms with Gasteiger partial charge in [-0.1, -0.05) is 12.1 Å². The summed E-state index contributed by atoms with van der Waals surface area (Å²) < 4.78 is 54.1. The average Bonchev–Trinajstić information content (AvgIpc) is 2.70. The first-order chi connectivity index (χ1) is 8.37. The highest BCUT2D eigenvalue weighted by atomic mass is 19.4. The molecule has 0 aliphatic rings. The summed E-state index contributed by atoms with van der Waals surface area (Å²) >= 11 is 0. The highest BCUT2D eigenvalue weighted by Crippen LogP contribution is 2.26. The van der Waals surface area contributed by atoms with Gasteiger partial charge < -0.3 is 4.42 Å². The van der Waals surface area contributed by atoms with Crippen LogP contribution in [0.3, 0.4) is 0 Å². The molecule has 2 aromatic rings. The van der Waals surface area contributed by atoms with Crippen molar-refractivity contribution in [3.8, 4) is 0 Å². The first-order valence-electron chi connectivity index (χ1n) is 5.15. The number of Topliss-reactive ketones (excluding diaryl/α,β-unsaturated/α-hetero) is 1. The summed E-state index contributed by atoms with van der Waals surface area (Å²) in [7, 11) is 0. The van der Waals surface area contributed by atoms with Gasteiger partial charge in [-0.3, -0.25) is 4.79 Å². The second kappa shape index (κ2) is 4.44. The number of hydrogen-bond donors (Lipinski definition) is 0. The normalized spacial score (nSPS) is 12.0. The highest BCUT2D eigenvalue weighted by molar-refractivity contribution is 5.97. The minimum absolute atomic E-state index is 0.118. The largest absolute Gasteiger partial charge is 0.450 e. The Balaban J connectivity index is 2.21. The number of carbonyl (C=O) groups is 1. The lowest BCUT2D eigenvalue weighted by molar-refractivity contribution is -0.133. The summed E-state index contributed by atoms with van der Waals surface area (Å²) in [5, 5.41) is 0.352. The van der Waals surface area contributed by atoms with Crippen molar-refractivity contribution in [3.63, 3.8) is 0 Å². The number of benzene rings is 1. The Kier molecular flexibility index (Phi) is 3.11. The fourth-order valence-corrected chi connectivity index (χ4v) is 1.54. The van der Waals surface area contributed by atoms with E-state index in [0.717, 1.165) is 6.07 Å². The zero-order valence-corrected chi connectivity index (χ0v) is 9.05. The first-order valence-corrected chi connectivity index (χ1v) is 5.15. The summed E-state index contributed by atoms with van der Waals surface area (Å²) in [4.78, 5) is 11.5. The zero-order valence-electron chi connectivity index (χ0n) is 9.05. The predicted molar refractivity (Wildman–Crippen MR) is 55.8 cm³/mol. The molecule has 0 N–H and O–H groups in total. The monoisotopic (exact) mass is 260 g/mol. The summed E-state index contributed by atoms with van der Waals surface area (Å²) in [6, 6.07) is 5.34. The molecule has 6 heteroatoms. The Labute approximate surface area is 99.2 Å². The van der Waals surface area contributed by atoms with Crippen LogP contribution in [0.4, 0.5) is 17.6 Å². The van der Waals surface area contributed by atoms with E-state index in [-0.39, 0.29) is 11.3 Å². The minimum atomic E-state index is -4.40. The van der Waals surface area contributed by atoms with Crippen molar-refractivity contribution in [1.82, 2.24) is 0 Å². The molecule has 2 nitrogen and oxygen atoms in total. The van der Waals surface area contributed by atoms with Crippen LogP contribution in [0.5, 0.6) is 0 Å². The van der Waals surface area contributed by atoms with Crippen molar-refractivity contribution < 1.29 is 26.8 Å². The van der Waals surface area contributed by atoms with E-state index in [1.807, 2.05) is 0 Å². The van der Waals surface area contributed by atoms with Crippen molar-refractivity contribution in [2.24, 2.45) is 0 Å². The second-order valence-electron chi connectivity index (χ2n) is 3.81. The lowest BCUT2D eigenvalue weighted by Gasteiger charge is -2.03. The van der Waals surface area contributed by atoms with Gasteiger partial charge in [0.05, 0.1) is 6.42 Å². The van der Waals surface area contributed by atoms with Gasteiger partial charge in [-0.15, -0.1) is 0 Å². The second-order valence-corrected chi connectivity index (χ2v) is 3.81. The van der Waals surface area contributed by atoms with Crippen LogP contribution in [-0.4, -0.2) is 12.0 Å². The molecule has 0 amide bonds. The quantitative estimate of drug-likeness (QED) is 0.614. The van der Waals surface area contributed by atoms with Gasteiger partial charge >= 0.3 is 6.18 Å². The van der Waals surface area contributed by atoms with E-state index in [1.165, 1.54) is 18.2 Å². The Morgan fingerprint density at radius 1 is 1.28 bits per heavy atom. The molecule has 1 aromatic heterocycles. The molecule has 0 saturated heterocycles. The number of rotatable bonds is 3. The molecule has 0 saturated carbocycles. The molecule has 0 bridgehead atoms. The minimum Gasteiger partial charge on any atom is -0.450 e.